The van der Waals surface area contributed by atoms with Gasteiger partial charge >= 0.3 is 6.09 Å². The number of hydrogen-bond acceptors (Lipinski definition) is 7. The smallest absolute Gasteiger partial charge is 0.408 e. The molecule has 1 N–H and O–H groups in total. The molecule has 1 heterocycles. The Morgan fingerprint density at radius 1 is 0.919 bits per heavy atom. The number of alkyl carbamates (subject to hydrolysis) is 1. The average molecular weight is 525 g/mol. The Morgan fingerprint density at radius 3 is 2.03 bits per heavy atom. The van der Waals surface area contributed by atoms with E-state index in [1.165, 1.54) is 16.2 Å². The molecule has 0 aliphatic heterocycles. The van der Waals surface area contributed by atoms with E-state index in [0.29, 0.717) is 27.6 Å². The SMILES string of the molecule is COc1ccc(CN(C(=O)[C@H](C)NC(=O)OC(C)(C)C)c2ccsc2C(=O)c2ccc(OC)cc2)cc1. The summed E-state index contributed by atoms with van der Waals surface area (Å²) in [6.45, 7) is 7.01. The first-order chi connectivity index (χ1) is 17.5. The van der Waals surface area contributed by atoms with Gasteiger partial charge in [-0.3, -0.25) is 9.59 Å². The maximum Gasteiger partial charge on any atom is 0.408 e. The third-order valence-electron chi connectivity index (χ3n) is 5.36. The second-order valence-corrected chi connectivity index (χ2v) is 10.2. The Kier molecular flexibility index (Phi) is 8.94. The minimum Gasteiger partial charge on any atom is -0.497 e. The molecule has 3 rings (SSSR count). The Morgan fingerprint density at radius 2 is 1.49 bits per heavy atom. The summed E-state index contributed by atoms with van der Waals surface area (Å²) in [6, 6.07) is 14.9. The molecule has 8 nitrogen and oxygen atoms in total. The van der Waals surface area contributed by atoms with Gasteiger partial charge in [0.05, 0.1) is 31.3 Å². The van der Waals surface area contributed by atoms with Gasteiger partial charge < -0.3 is 24.4 Å². The number of benzene rings is 2. The van der Waals surface area contributed by atoms with Gasteiger partial charge in [-0.05, 0) is 81.1 Å². The van der Waals surface area contributed by atoms with Crippen LogP contribution < -0.4 is 19.7 Å². The van der Waals surface area contributed by atoms with Crippen LogP contribution in [0.2, 0.25) is 0 Å². The van der Waals surface area contributed by atoms with E-state index in [-0.39, 0.29) is 18.2 Å². The average Bonchev–Trinajstić information content (AvgIpc) is 3.35. The van der Waals surface area contributed by atoms with Gasteiger partial charge in [-0.2, -0.15) is 0 Å². The van der Waals surface area contributed by atoms with Gasteiger partial charge in [0.25, 0.3) is 0 Å². The highest BCUT2D eigenvalue weighted by atomic mass is 32.1. The third-order valence-corrected chi connectivity index (χ3v) is 6.27. The van der Waals surface area contributed by atoms with Crippen molar-refractivity contribution in [3.63, 3.8) is 0 Å². The van der Waals surface area contributed by atoms with Gasteiger partial charge in [-0.1, -0.05) is 12.1 Å². The van der Waals surface area contributed by atoms with E-state index in [1.54, 1.807) is 89.8 Å². The highest BCUT2D eigenvalue weighted by Crippen LogP contribution is 2.31. The van der Waals surface area contributed by atoms with Crippen LogP contribution in [0.15, 0.2) is 60.0 Å². The van der Waals surface area contributed by atoms with E-state index >= 15 is 0 Å². The van der Waals surface area contributed by atoms with Crippen LogP contribution in [0.3, 0.4) is 0 Å². The number of carbonyl (C=O) groups excluding carboxylic acids is 3. The molecule has 0 spiro atoms. The number of methoxy groups -OCH3 is 2. The van der Waals surface area contributed by atoms with Crippen LogP contribution in [0.1, 0.15) is 48.5 Å². The highest BCUT2D eigenvalue weighted by molar-refractivity contribution is 7.13. The van der Waals surface area contributed by atoms with E-state index in [4.69, 9.17) is 14.2 Å². The molecule has 9 heteroatoms. The minimum absolute atomic E-state index is 0.183. The van der Waals surface area contributed by atoms with Gasteiger partial charge in [0.15, 0.2) is 0 Å². The fraction of sp³-hybridized carbons (Fsp3) is 0.321. The van der Waals surface area contributed by atoms with Crippen molar-refractivity contribution in [3.8, 4) is 11.5 Å². The summed E-state index contributed by atoms with van der Waals surface area (Å²) in [5.41, 5.74) is 1.06. The molecule has 0 radical (unpaired) electrons. The zero-order chi connectivity index (χ0) is 27.2. The molecule has 0 fully saturated rings. The van der Waals surface area contributed by atoms with E-state index in [0.717, 1.165) is 5.56 Å². The third kappa shape index (κ3) is 7.33. The lowest BCUT2D eigenvalue weighted by Crippen LogP contribution is -2.48. The second-order valence-electron chi connectivity index (χ2n) is 9.33. The fourth-order valence-electron chi connectivity index (χ4n) is 3.53. The van der Waals surface area contributed by atoms with Gasteiger partial charge in [-0.25, -0.2) is 4.79 Å². The number of thiophene rings is 1. The molecule has 0 saturated heterocycles. The lowest BCUT2D eigenvalue weighted by atomic mass is 10.1. The van der Waals surface area contributed by atoms with E-state index < -0.39 is 17.7 Å². The van der Waals surface area contributed by atoms with Crippen molar-refractivity contribution in [2.24, 2.45) is 0 Å². The Labute approximate surface area is 221 Å². The van der Waals surface area contributed by atoms with Gasteiger partial charge in [0.1, 0.15) is 23.1 Å². The molecule has 1 aromatic heterocycles. The van der Waals surface area contributed by atoms with Crippen LogP contribution in [-0.2, 0) is 16.1 Å². The normalized spacial score (nSPS) is 11.8. The van der Waals surface area contributed by atoms with Gasteiger partial charge in [0.2, 0.25) is 11.7 Å². The Balaban J connectivity index is 1.94. The fourth-order valence-corrected chi connectivity index (χ4v) is 4.39. The summed E-state index contributed by atoms with van der Waals surface area (Å²) in [4.78, 5) is 41.4. The van der Waals surface area contributed by atoms with Crippen LogP contribution in [-0.4, -0.2) is 43.6 Å². The minimum atomic E-state index is -0.906. The number of rotatable bonds is 9. The summed E-state index contributed by atoms with van der Waals surface area (Å²) in [6.07, 6.45) is -0.697. The van der Waals surface area contributed by atoms with Crippen molar-refractivity contribution in [1.29, 1.82) is 0 Å². The van der Waals surface area contributed by atoms with Gasteiger partial charge in [0, 0.05) is 5.56 Å². The van der Waals surface area contributed by atoms with Crippen LogP contribution in [0.4, 0.5) is 10.5 Å². The maximum absolute atomic E-state index is 13.7. The predicted octanol–water partition coefficient (Wildman–Crippen LogP) is 5.44. The van der Waals surface area contributed by atoms with Gasteiger partial charge in [-0.15, -0.1) is 11.3 Å². The van der Waals surface area contributed by atoms with Crippen LogP contribution >= 0.6 is 11.3 Å². The zero-order valence-electron chi connectivity index (χ0n) is 21.9. The number of ketones is 1. The lowest BCUT2D eigenvalue weighted by molar-refractivity contribution is -0.120. The summed E-state index contributed by atoms with van der Waals surface area (Å²) in [7, 11) is 3.14. The molecule has 1 atom stereocenters. The quantitative estimate of drug-likeness (QED) is 0.375. The van der Waals surface area contributed by atoms with E-state index in [1.807, 2.05) is 12.1 Å². The molecule has 196 valence electrons. The topological polar surface area (TPSA) is 94.2 Å². The maximum atomic E-state index is 13.7. The number of nitrogens with one attached hydrogen (secondary N) is 1. The molecule has 0 saturated carbocycles. The number of nitrogens with zero attached hydrogens (tertiary/aromatic N) is 1. The Bertz CT molecular complexity index is 1230. The summed E-state index contributed by atoms with van der Waals surface area (Å²) in [5.74, 6) is 0.727. The Hall–Kier alpha value is -3.85. The number of carbonyl (C=O) groups is 3. The number of hydrogen-bond donors (Lipinski definition) is 1. The summed E-state index contributed by atoms with van der Waals surface area (Å²) < 4.78 is 15.7. The monoisotopic (exact) mass is 524 g/mol. The highest BCUT2D eigenvalue weighted by Gasteiger charge is 2.29. The van der Waals surface area contributed by atoms with Crippen molar-refractivity contribution >= 4 is 34.8 Å². The molecular weight excluding hydrogens is 492 g/mol. The number of ether oxygens (including phenoxy) is 3. The summed E-state index contributed by atoms with van der Waals surface area (Å²) >= 11 is 1.25. The second kappa shape index (κ2) is 11.9. The molecule has 0 unspecified atom stereocenters. The molecule has 2 amide bonds. The first kappa shape index (κ1) is 27.7. The van der Waals surface area contributed by atoms with E-state index in [2.05, 4.69) is 5.32 Å². The lowest BCUT2D eigenvalue weighted by Gasteiger charge is -2.27. The van der Waals surface area contributed by atoms with Crippen molar-refractivity contribution < 1.29 is 28.6 Å². The largest absolute Gasteiger partial charge is 0.497 e. The molecule has 0 aliphatic carbocycles. The molecule has 0 aliphatic rings. The molecule has 3 aromatic rings. The van der Waals surface area contributed by atoms with E-state index in [9.17, 15) is 14.4 Å². The van der Waals surface area contributed by atoms with Crippen molar-refractivity contribution in [1.82, 2.24) is 5.32 Å². The molecule has 0 bridgehead atoms. The molecule has 37 heavy (non-hydrogen) atoms. The number of amides is 2. The van der Waals surface area contributed by atoms with Crippen LogP contribution in [0.25, 0.3) is 0 Å². The summed E-state index contributed by atoms with van der Waals surface area (Å²) in [5, 5.41) is 4.38. The van der Waals surface area contributed by atoms with Crippen LogP contribution in [0.5, 0.6) is 11.5 Å². The predicted molar refractivity (Wildman–Crippen MR) is 144 cm³/mol. The van der Waals surface area contributed by atoms with Crippen molar-refractivity contribution in [2.45, 2.75) is 45.9 Å². The first-order valence-electron chi connectivity index (χ1n) is 11.7. The molecule has 2 aromatic carbocycles. The van der Waals surface area contributed by atoms with Crippen LogP contribution in [0, 0.1) is 0 Å². The standard InChI is InChI=1S/C28H32N2O6S/c1-18(29-27(33)36-28(2,3)4)26(32)30(17-19-7-11-21(34-5)12-8-19)23-15-16-37-25(23)24(31)20-9-13-22(35-6)14-10-20/h7-16,18H,17H2,1-6H3,(H,29,33)/t18-/m0/s1. The van der Waals surface area contributed by atoms with Crippen molar-refractivity contribution in [2.75, 3.05) is 19.1 Å². The first-order valence-corrected chi connectivity index (χ1v) is 12.6. The van der Waals surface area contributed by atoms with Crippen molar-refractivity contribution in [3.05, 3.63) is 76.0 Å². The zero-order valence-corrected chi connectivity index (χ0v) is 22.7. The molecular formula is C28H32N2O6S. The number of anilines is 1.